The molecule has 140 valence electrons. The molecule has 2 aromatic rings. The molecule has 5 nitrogen and oxygen atoms in total. The topological polar surface area (TPSA) is 71.3 Å². The molecule has 0 fully saturated rings. The van der Waals surface area contributed by atoms with Gasteiger partial charge in [-0.1, -0.05) is 43.1 Å². The number of rotatable bonds is 7. The molecule has 0 aliphatic heterocycles. The molecule has 1 aromatic carbocycles. The van der Waals surface area contributed by atoms with Gasteiger partial charge >= 0.3 is 0 Å². The Morgan fingerprint density at radius 1 is 1.23 bits per heavy atom. The van der Waals surface area contributed by atoms with Crippen LogP contribution in [0.3, 0.4) is 0 Å². The summed E-state index contributed by atoms with van der Waals surface area (Å²) < 4.78 is 1.40. The Morgan fingerprint density at radius 2 is 1.96 bits per heavy atom. The lowest BCUT2D eigenvalue weighted by atomic mass is 10.1. The number of benzene rings is 1. The van der Waals surface area contributed by atoms with Gasteiger partial charge in [-0.2, -0.15) is 0 Å². The van der Waals surface area contributed by atoms with Crippen LogP contribution in [0.2, 0.25) is 10.0 Å². The molecule has 0 aliphatic carbocycles. The highest BCUT2D eigenvalue weighted by Crippen LogP contribution is 2.23. The van der Waals surface area contributed by atoms with E-state index < -0.39 is 17.2 Å². The number of halogens is 2. The summed E-state index contributed by atoms with van der Waals surface area (Å²) in [5.74, 6) is -0.728. The second-order valence-corrected chi connectivity index (χ2v) is 7.35. The summed E-state index contributed by atoms with van der Waals surface area (Å²) in [6.07, 6.45) is 2.95. The van der Waals surface area contributed by atoms with E-state index in [0.717, 1.165) is 12.0 Å². The lowest BCUT2D eigenvalue weighted by molar-refractivity contribution is 0.0950. The maximum atomic E-state index is 12.2. The van der Waals surface area contributed by atoms with Crippen molar-refractivity contribution in [3.8, 4) is 5.75 Å². The lowest BCUT2D eigenvalue weighted by Crippen LogP contribution is -2.28. The van der Waals surface area contributed by atoms with E-state index in [1.54, 1.807) is 12.1 Å². The predicted molar refractivity (Wildman–Crippen MR) is 104 cm³/mol. The molecule has 1 amide bonds. The molecular formula is C19H22Cl2N2O3. The number of amides is 1. The fraction of sp³-hybridized carbons (Fsp3) is 0.368. The zero-order chi connectivity index (χ0) is 19.3. The molecule has 0 saturated heterocycles. The van der Waals surface area contributed by atoms with Crippen LogP contribution < -0.4 is 10.9 Å². The molecule has 26 heavy (non-hydrogen) atoms. The normalized spacial score (nSPS) is 11.0. The van der Waals surface area contributed by atoms with E-state index in [-0.39, 0.29) is 11.5 Å². The van der Waals surface area contributed by atoms with Crippen molar-refractivity contribution in [2.45, 2.75) is 33.2 Å². The van der Waals surface area contributed by atoms with E-state index in [2.05, 4.69) is 5.32 Å². The maximum absolute atomic E-state index is 12.2. The third-order valence-corrected chi connectivity index (χ3v) is 4.60. The van der Waals surface area contributed by atoms with Gasteiger partial charge in [-0.05, 0) is 42.5 Å². The van der Waals surface area contributed by atoms with Gasteiger partial charge in [-0.25, -0.2) is 0 Å². The molecule has 0 radical (unpaired) electrons. The molecule has 2 N–H and O–H groups in total. The van der Waals surface area contributed by atoms with E-state index in [1.807, 2.05) is 19.9 Å². The first-order valence-electron chi connectivity index (χ1n) is 8.44. The Balaban J connectivity index is 1.92. The number of carbonyl (C=O) groups is 1. The molecule has 0 saturated carbocycles. The Hall–Kier alpha value is -1.98. The van der Waals surface area contributed by atoms with E-state index >= 15 is 0 Å². The number of aromatic nitrogens is 1. The number of hydrogen-bond donors (Lipinski definition) is 2. The number of nitrogens with zero attached hydrogens (tertiary/aromatic N) is 1. The summed E-state index contributed by atoms with van der Waals surface area (Å²) in [6, 6.07) is 6.89. The second kappa shape index (κ2) is 9.10. The molecule has 0 atom stereocenters. The number of pyridine rings is 1. The number of nitrogens with one attached hydrogen (secondary N) is 1. The van der Waals surface area contributed by atoms with Gasteiger partial charge in [0.15, 0.2) is 5.75 Å². The van der Waals surface area contributed by atoms with Gasteiger partial charge in [0.25, 0.3) is 11.5 Å². The van der Waals surface area contributed by atoms with Crippen molar-refractivity contribution in [2.24, 2.45) is 5.92 Å². The first-order valence-corrected chi connectivity index (χ1v) is 9.19. The summed E-state index contributed by atoms with van der Waals surface area (Å²) in [6.45, 7) is 4.83. The summed E-state index contributed by atoms with van der Waals surface area (Å²) in [5.41, 5.74) is 0.458. The van der Waals surface area contributed by atoms with Crippen LogP contribution in [0.1, 0.15) is 36.2 Å². The number of aromatic hydroxyl groups is 1. The van der Waals surface area contributed by atoms with E-state index in [4.69, 9.17) is 23.2 Å². The van der Waals surface area contributed by atoms with Crippen molar-refractivity contribution in [1.82, 2.24) is 9.88 Å². The van der Waals surface area contributed by atoms with Crippen molar-refractivity contribution < 1.29 is 9.90 Å². The monoisotopic (exact) mass is 396 g/mol. The molecule has 1 heterocycles. The summed E-state index contributed by atoms with van der Waals surface area (Å²) in [5, 5.41) is 13.8. The summed E-state index contributed by atoms with van der Waals surface area (Å²) in [4.78, 5) is 24.3. The van der Waals surface area contributed by atoms with Crippen LogP contribution in [-0.4, -0.2) is 22.1 Å². The minimum Gasteiger partial charge on any atom is -0.502 e. The largest absolute Gasteiger partial charge is 0.502 e. The number of carbonyl (C=O) groups excluding carboxylic acids is 1. The van der Waals surface area contributed by atoms with Crippen LogP contribution in [0, 0.1) is 5.92 Å². The molecule has 0 aliphatic rings. The molecule has 0 unspecified atom stereocenters. The maximum Gasteiger partial charge on any atom is 0.293 e. The quantitative estimate of drug-likeness (QED) is 0.697. The standard InChI is InChI=1S/C19H22Cl2N2O3/c1-12(2)11-23-9-7-14(17(24)19(23)26)18(25)22-8-3-4-13-5-6-15(20)16(21)10-13/h5-7,9-10,12,24H,3-4,8,11H2,1-2H3,(H,22,25). The van der Waals surface area contributed by atoms with Crippen LogP contribution in [0.15, 0.2) is 35.3 Å². The number of aryl methyl sites for hydroxylation is 1. The summed E-state index contributed by atoms with van der Waals surface area (Å²) >= 11 is 11.9. The number of hydrogen-bond acceptors (Lipinski definition) is 3. The van der Waals surface area contributed by atoms with Crippen LogP contribution in [0.4, 0.5) is 0 Å². The van der Waals surface area contributed by atoms with Crippen LogP contribution >= 0.6 is 23.2 Å². The van der Waals surface area contributed by atoms with Gasteiger partial charge in [-0.3, -0.25) is 9.59 Å². The van der Waals surface area contributed by atoms with Crippen LogP contribution in [0.25, 0.3) is 0 Å². The Bertz CT molecular complexity index is 847. The summed E-state index contributed by atoms with van der Waals surface area (Å²) in [7, 11) is 0. The van der Waals surface area contributed by atoms with Crippen LogP contribution in [-0.2, 0) is 13.0 Å². The molecular weight excluding hydrogens is 375 g/mol. The fourth-order valence-electron chi connectivity index (χ4n) is 2.57. The minimum atomic E-state index is -0.554. The van der Waals surface area contributed by atoms with E-state index in [1.165, 1.54) is 16.8 Å². The molecule has 1 aromatic heterocycles. The first kappa shape index (κ1) is 20.3. The van der Waals surface area contributed by atoms with Gasteiger partial charge in [0, 0.05) is 19.3 Å². The Kier molecular flexibility index (Phi) is 7.12. The highest BCUT2D eigenvalue weighted by molar-refractivity contribution is 6.42. The van der Waals surface area contributed by atoms with Crippen molar-refractivity contribution in [3.63, 3.8) is 0 Å². The van der Waals surface area contributed by atoms with Gasteiger partial charge in [0.1, 0.15) is 0 Å². The Labute approximate surface area is 162 Å². The smallest absolute Gasteiger partial charge is 0.293 e. The molecule has 7 heteroatoms. The van der Waals surface area contributed by atoms with Gasteiger partial charge in [0.05, 0.1) is 15.6 Å². The van der Waals surface area contributed by atoms with Crippen molar-refractivity contribution in [3.05, 3.63) is 62.0 Å². The zero-order valence-corrected chi connectivity index (χ0v) is 16.3. The molecule has 2 rings (SSSR count). The van der Waals surface area contributed by atoms with E-state index in [0.29, 0.717) is 29.6 Å². The highest BCUT2D eigenvalue weighted by Gasteiger charge is 2.15. The SMILES string of the molecule is CC(C)Cn1ccc(C(=O)NCCCc2ccc(Cl)c(Cl)c2)c(O)c1=O. The molecule has 0 bridgehead atoms. The average molecular weight is 397 g/mol. The van der Waals surface area contributed by atoms with Crippen molar-refractivity contribution in [2.75, 3.05) is 6.54 Å². The fourth-order valence-corrected chi connectivity index (χ4v) is 2.89. The third-order valence-electron chi connectivity index (χ3n) is 3.86. The van der Waals surface area contributed by atoms with E-state index in [9.17, 15) is 14.7 Å². The minimum absolute atomic E-state index is 0.00968. The first-order chi connectivity index (χ1) is 12.3. The van der Waals surface area contributed by atoms with Crippen molar-refractivity contribution in [1.29, 1.82) is 0 Å². The van der Waals surface area contributed by atoms with Gasteiger partial charge < -0.3 is 15.0 Å². The van der Waals surface area contributed by atoms with Gasteiger partial charge in [0.2, 0.25) is 0 Å². The third kappa shape index (κ3) is 5.26. The Morgan fingerprint density at radius 3 is 2.62 bits per heavy atom. The predicted octanol–water partition coefficient (Wildman–Crippen LogP) is 3.88. The van der Waals surface area contributed by atoms with Crippen molar-refractivity contribution >= 4 is 29.1 Å². The lowest BCUT2D eigenvalue weighted by Gasteiger charge is -2.11. The zero-order valence-electron chi connectivity index (χ0n) is 14.8. The second-order valence-electron chi connectivity index (χ2n) is 6.54. The highest BCUT2D eigenvalue weighted by atomic mass is 35.5. The van der Waals surface area contributed by atoms with Crippen LogP contribution in [0.5, 0.6) is 5.75 Å². The molecule has 0 spiro atoms. The van der Waals surface area contributed by atoms with Gasteiger partial charge in [-0.15, -0.1) is 0 Å². The average Bonchev–Trinajstić information content (AvgIpc) is 2.58.